The van der Waals surface area contributed by atoms with Crippen LogP contribution < -0.4 is 16.6 Å². The van der Waals surface area contributed by atoms with E-state index in [9.17, 15) is 9.59 Å². The molecule has 23 heavy (non-hydrogen) atoms. The van der Waals surface area contributed by atoms with Gasteiger partial charge in [0, 0.05) is 19.7 Å². The maximum absolute atomic E-state index is 12.1. The molecule has 2 heterocycles. The minimum atomic E-state index is -0.373. The first-order chi connectivity index (χ1) is 11.0. The van der Waals surface area contributed by atoms with Crippen LogP contribution in [0.4, 0.5) is 0 Å². The molecular formula is C16H20N5O2+. The fourth-order valence-electron chi connectivity index (χ4n) is 2.65. The summed E-state index contributed by atoms with van der Waals surface area (Å²) in [6.45, 7) is 2.72. The van der Waals surface area contributed by atoms with E-state index < -0.39 is 0 Å². The molecule has 0 saturated carbocycles. The largest absolute Gasteiger partial charge is 0.334 e. The lowest BCUT2D eigenvalue weighted by molar-refractivity contribution is -0.708. The molecule has 3 aromatic rings. The minimum Gasteiger partial charge on any atom is -0.334 e. The molecular weight excluding hydrogens is 294 g/mol. The monoisotopic (exact) mass is 314 g/mol. The Morgan fingerprint density at radius 3 is 2.57 bits per heavy atom. The molecule has 0 fully saturated rings. The van der Waals surface area contributed by atoms with Gasteiger partial charge in [-0.25, -0.2) is 9.78 Å². The van der Waals surface area contributed by atoms with E-state index in [4.69, 9.17) is 0 Å². The zero-order valence-electron chi connectivity index (χ0n) is 13.4. The number of imidazole rings is 1. The third kappa shape index (κ3) is 2.70. The van der Waals surface area contributed by atoms with E-state index in [1.54, 1.807) is 7.05 Å². The normalized spacial score (nSPS) is 12.7. The lowest BCUT2D eigenvalue weighted by Gasteiger charge is -2.09. The minimum absolute atomic E-state index is 0.274. The first-order valence-electron chi connectivity index (χ1n) is 7.52. The molecule has 7 nitrogen and oxygen atoms in total. The number of rotatable bonds is 4. The molecule has 7 heteroatoms. The Morgan fingerprint density at radius 1 is 1.17 bits per heavy atom. The number of aromatic amines is 1. The maximum atomic E-state index is 12.1. The van der Waals surface area contributed by atoms with Crippen molar-refractivity contribution in [2.45, 2.75) is 19.5 Å². The van der Waals surface area contributed by atoms with Crippen LogP contribution in [0.15, 0.2) is 39.9 Å². The Labute approximate surface area is 132 Å². The lowest BCUT2D eigenvalue weighted by atomic mass is 10.1. The Bertz CT molecular complexity index is 952. The van der Waals surface area contributed by atoms with Gasteiger partial charge in [-0.1, -0.05) is 30.3 Å². The number of aryl methyl sites for hydroxylation is 1. The smallest absolute Gasteiger partial charge is 0.332 e. The van der Waals surface area contributed by atoms with Crippen LogP contribution in [-0.2, 0) is 20.6 Å². The number of nitrogens with two attached hydrogens (primary N) is 1. The van der Waals surface area contributed by atoms with E-state index in [0.29, 0.717) is 23.5 Å². The maximum Gasteiger partial charge on any atom is 0.332 e. The van der Waals surface area contributed by atoms with Crippen molar-refractivity contribution in [3.05, 3.63) is 62.6 Å². The molecule has 3 rings (SSSR count). The van der Waals surface area contributed by atoms with Gasteiger partial charge < -0.3 is 10.3 Å². The second-order valence-electron chi connectivity index (χ2n) is 5.73. The van der Waals surface area contributed by atoms with Crippen molar-refractivity contribution in [1.82, 2.24) is 19.1 Å². The van der Waals surface area contributed by atoms with E-state index in [-0.39, 0.29) is 17.3 Å². The molecule has 0 aliphatic carbocycles. The van der Waals surface area contributed by atoms with Crippen molar-refractivity contribution >= 4 is 11.2 Å². The predicted molar refractivity (Wildman–Crippen MR) is 87.1 cm³/mol. The third-order valence-corrected chi connectivity index (χ3v) is 4.13. The van der Waals surface area contributed by atoms with E-state index in [1.165, 1.54) is 17.2 Å². The highest BCUT2D eigenvalue weighted by molar-refractivity contribution is 5.69. The average molecular weight is 314 g/mol. The number of aromatic nitrogens is 4. The summed E-state index contributed by atoms with van der Waals surface area (Å²) in [5.41, 5.74) is 1.27. The van der Waals surface area contributed by atoms with Crippen LogP contribution in [0, 0.1) is 0 Å². The first kappa shape index (κ1) is 15.2. The standard InChI is InChI=1S/C16H19N5O2/c1-10(11-7-5-4-6-8-11)17-9-12-18-13-14(19-12)20(2)16(23)21(3)15(13)22/h4-8,10,17H,9H2,1-3H3,(H,18,19)/p+1/t10-/m0/s1. The Balaban J connectivity index is 1.88. The molecule has 0 bridgehead atoms. The van der Waals surface area contributed by atoms with Gasteiger partial charge in [-0.2, -0.15) is 0 Å². The van der Waals surface area contributed by atoms with Crippen LogP contribution in [0.25, 0.3) is 11.2 Å². The van der Waals surface area contributed by atoms with Crippen LogP contribution in [-0.4, -0.2) is 19.1 Å². The molecule has 120 valence electrons. The SMILES string of the molecule is C[C@H]([NH2+]Cc1nc2c([nH]1)c(=O)n(C)c(=O)n2C)c1ccccc1. The van der Waals surface area contributed by atoms with E-state index >= 15 is 0 Å². The summed E-state index contributed by atoms with van der Waals surface area (Å²) >= 11 is 0. The fourth-order valence-corrected chi connectivity index (χ4v) is 2.65. The molecule has 0 aliphatic heterocycles. The van der Waals surface area contributed by atoms with Gasteiger partial charge in [-0.3, -0.25) is 13.9 Å². The highest BCUT2D eigenvalue weighted by Crippen LogP contribution is 2.07. The van der Waals surface area contributed by atoms with Gasteiger partial charge in [0.05, 0.1) is 0 Å². The molecule has 0 amide bonds. The molecule has 1 aromatic carbocycles. The number of H-pyrrole nitrogens is 1. The Kier molecular flexibility index (Phi) is 3.87. The molecule has 0 aliphatic rings. The molecule has 2 aromatic heterocycles. The summed E-state index contributed by atoms with van der Waals surface area (Å²) < 4.78 is 2.47. The zero-order valence-corrected chi connectivity index (χ0v) is 13.4. The second kappa shape index (κ2) is 5.85. The number of hydrogen-bond acceptors (Lipinski definition) is 3. The molecule has 0 unspecified atom stereocenters. The molecule has 0 saturated heterocycles. The van der Waals surface area contributed by atoms with Crippen LogP contribution in [0.1, 0.15) is 24.4 Å². The molecule has 1 atom stereocenters. The van der Waals surface area contributed by atoms with Crippen molar-refractivity contribution in [3.63, 3.8) is 0 Å². The third-order valence-electron chi connectivity index (χ3n) is 4.13. The summed E-state index contributed by atoms with van der Waals surface area (Å²) in [6.07, 6.45) is 0. The van der Waals surface area contributed by atoms with Gasteiger partial charge in [0.15, 0.2) is 11.5 Å². The van der Waals surface area contributed by atoms with Crippen molar-refractivity contribution in [1.29, 1.82) is 0 Å². The summed E-state index contributed by atoms with van der Waals surface area (Å²) in [5.74, 6) is 0.682. The second-order valence-corrected chi connectivity index (χ2v) is 5.73. The average Bonchev–Trinajstić information content (AvgIpc) is 3.01. The van der Waals surface area contributed by atoms with Crippen molar-refractivity contribution in [2.24, 2.45) is 14.1 Å². The zero-order chi connectivity index (χ0) is 16.6. The molecule has 3 N–H and O–H groups in total. The molecule has 0 spiro atoms. The number of nitrogens with one attached hydrogen (secondary N) is 1. The summed E-state index contributed by atoms with van der Waals surface area (Å²) in [5, 5.41) is 2.13. The lowest BCUT2D eigenvalue weighted by Crippen LogP contribution is -2.83. The van der Waals surface area contributed by atoms with Crippen LogP contribution in [0.5, 0.6) is 0 Å². The van der Waals surface area contributed by atoms with Crippen molar-refractivity contribution < 1.29 is 5.32 Å². The number of fused-ring (bicyclic) bond motifs is 1. The van der Waals surface area contributed by atoms with E-state index in [0.717, 1.165) is 4.57 Å². The van der Waals surface area contributed by atoms with Gasteiger partial charge in [0.1, 0.15) is 18.1 Å². The summed E-state index contributed by atoms with van der Waals surface area (Å²) in [4.78, 5) is 31.5. The van der Waals surface area contributed by atoms with Crippen LogP contribution in [0.2, 0.25) is 0 Å². The van der Waals surface area contributed by atoms with Gasteiger partial charge in [-0.15, -0.1) is 0 Å². The molecule has 0 radical (unpaired) electrons. The highest BCUT2D eigenvalue weighted by atomic mass is 16.2. The van der Waals surface area contributed by atoms with Gasteiger partial charge in [0.2, 0.25) is 0 Å². The van der Waals surface area contributed by atoms with E-state index in [1.807, 2.05) is 18.2 Å². The van der Waals surface area contributed by atoms with E-state index in [2.05, 4.69) is 34.3 Å². The number of nitrogens with zero attached hydrogens (tertiary/aromatic N) is 3. The number of benzene rings is 1. The summed E-state index contributed by atoms with van der Waals surface area (Å²) in [6, 6.07) is 10.5. The number of quaternary nitrogens is 1. The van der Waals surface area contributed by atoms with Gasteiger partial charge in [0.25, 0.3) is 5.56 Å². The highest BCUT2D eigenvalue weighted by Gasteiger charge is 2.15. The number of hydrogen-bond donors (Lipinski definition) is 2. The van der Waals surface area contributed by atoms with Gasteiger partial charge >= 0.3 is 5.69 Å². The van der Waals surface area contributed by atoms with Gasteiger partial charge in [-0.05, 0) is 6.92 Å². The van der Waals surface area contributed by atoms with Crippen LogP contribution in [0.3, 0.4) is 0 Å². The topological polar surface area (TPSA) is 89.3 Å². The Morgan fingerprint density at radius 2 is 1.87 bits per heavy atom. The van der Waals surface area contributed by atoms with Crippen molar-refractivity contribution in [2.75, 3.05) is 0 Å². The summed E-state index contributed by atoms with van der Waals surface area (Å²) in [7, 11) is 3.08. The van der Waals surface area contributed by atoms with Crippen molar-refractivity contribution in [3.8, 4) is 0 Å². The first-order valence-corrected chi connectivity index (χ1v) is 7.52. The predicted octanol–water partition coefficient (Wildman–Crippen LogP) is -0.215. The fraction of sp³-hybridized carbons (Fsp3) is 0.312. The Hall–Kier alpha value is -2.67. The van der Waals surface area contributed by atoms with Crippen LogP contribution >= 0.6 is 0 Å². The quantitative estimate of drug-likeness (QED) is 0.698.